The zero-order valence-corrected chi connectivity index (χ0v) is 11.4. The molecule has 2 rings (SSSR count). The Labute approximate surface area is 107 Å². The van der Waals surface area contributed by atoms with Gasteiger partial charge in [-0.25, -0.2) is 13.4 Å². The van der Waals surface area contributed by atoms with Gasteiger partial charge >= 0.3 is 0 Å². The first-order valence-electron chi connectivity index (χ1n) is 5.79. The summed E-state index contributed by atoms with van der Waals surface area (Å²) >= 11 is 0. The molecule has 0 aliphatic rings. The Kier molecular flexibility index (Phi) is 3.41. The summed E-state index contributed by atoms with van der Waals surface area (Å²) in [5.41, 5.74) is 6.88. The Hall–Kier alpha value is -1.40. The maximum Gasteiger partial charge on any atom is 0.177 e. The summed E-state index contributed by atoms with van der Waals surface area (Å²) in [6.45, 7) is 0.599. The minimum Gasteiger partial charge on any atom is -0.331 e. The number of aromatic nitrogens is 2. The van der Waals surface area contributed by atoms with Gasteiger partial charge < -0.3 is 10.3 Å². The van der Waals surface area contributed by atoms with Crippen LogP contribution in [0, 0.1) is 0 Å². The fourth-order valence-corrected chi connectivity index (χ4v) is 2.85. The maximum atomic E-state index is 11.7. The van der Waals surface area contributed by atoms with Gasteiger partial charge in [0.05, 0.1) is 10.4 Å². The molecule has 0 bridgehead atoms. The Bertz CT molecular complexity index is 674. The third kappa shape index (κ3) is 2.26. The molecule has 0 atom stereocenters. The highest BCUT2D eigenvalue weighted by Crippen LogP contribution is 2.23. The molecule has 98 valence electrons. The molecule has 6 heteroatoms. The molecule has 0 spiro atoms. The maximum absolute atomic E-state index is 11.7. The highest BCUT2D eigenvalue weighted by molar-refractivity contribution is 7.91. The molecule has 0 aliphatic carbocycles. The number of nitrogens with zero attached hydrogens (tertiary/aromatic N) is 2. The van der Waals surface area contributed by atoms with Crippen LogP contribution in [0.3, 0.4) is 0 Å². The van der Waals surface area contributed by atoms with E-state index in [4.69, 9.17) is 5.73 Å². The Morgan fingerprint density at radius 1 is 1.39 bits per heavy atom. The smallest absolute Gasteiger partial charge is 0.177 e. The molecule has 0 unspecified atom stereocenters. The molecule has 1 aromatic carbocycles. The highest BCUT2D eigenvalue weighted by atomic mass is 32.2. The fraction of sp³-hybridized carbons (Fsp3) is 0.417. The monoisotopic (exact) mass is 267 g/mol. The molecule has 1 heterocycles. The van der Waals surface area contributed by atoms with Crippen LogP contribution in [0.1, 0.15) is 12.2 Å². The lowest BCUT2D eigenvalue weighted by atomic mass is 10.3. The van der Waals surface area contributed by atoms with Gasteiger partial charge in [0.1, 0.15) is 11.3 Å². The van der Waals surface area contributed by atoms with Gasteiger partial charge in [0.25, 0.3) is 0 Å². The minimum absolute atomic E-state index is 0.287. The van der Waals surface area contributed by atoms with Crippen LogP contribution in [-0.4, -0.2) is 30.8 Å². The predicted molar refractivity (Wildman–Crippen MR) is 71.2 cm³/mol. The number of imidazole rings is 1. The largest absolute Gasteiger partial charge is 0.331 e. The van der Waals surface area contributed by atoms with Crippen LogP contribution in [0.4, 0.5) is 0 Å². The van der Waals surface area contributed by atoms with Gasteiger partial charge in [-0.15, -0.1) is 0 Å². The zero-order chi connectivity index (χ0) is 13.3. The van der Waals surface area contributed by atoms with Gasteiger partial charge in [-0.1, -0.05) is 6.07 Å². The van der Waals surface area contributed by atoms with Gasteiger partial charge in [0.2, 0.25) is 0 Å². The number of hydrogen-bond donors (Lipinski definition) is 1. The lowest BCUT2D eigenvalue weighted by Gasteiger charge is -2.01. The van der Waals surface area contributed by atoms with Crippen LogP contribution in [0.2, 0.25) is 0 Å². The molecule has 18 heavy (non-hydrogen) atoms. The summed E-state index contributed by atoms with van der Waals surface area (Å²) in [5, 5.41) is 0. The SMILES string of the molecule is Cn1c(CCCN)nc2c(S(C)(=O)=O)cccc21. The van der Waals surface area contributed by atoms with E-state index in [2.05, 4.69) is 4.98 Å². The molecule has 0 saturated heterocycles. The quantitative estimate of drug-likeness (QED) is 0.891. The summed E-state index contributed by atoms with van der Waals surface area (Å²) in [4.78, 5) is 4.73. The molecule has 2 N–H and O–H groups in total. The topological polar surface area (TPSA) is 78.0 Å². The van der Waals surface area contributed by atoms with Crippen LogP contribution in [0.25, 0.3) is 11.0 Å². The predicted octanol–water partition coefficient (Wildman–Crippen LogP) is 0.868. The number of sulfone groups is 1. The number of nitrogens with two attached hydrogens (primary N) is 1. The van der Waals surface area contributed by atoms with Crippen LogP contribution < -0.4 is 5.73 Å². The molecule has 0 saturated carbocycles. The third-order valence-electron chi connectivity index (χ3n) is 2.97. The Balaban J connectivity index is 2.64. The summed E-state index contributed by atoms with van der Waals surface area (Å²) in [7, 11) is -1.36. The van der Waals surface area contributed by atoms with Crippen molar-refractivity contribution in [3.63, 3.8) is 0 Å². The normalized spacial score (nSPS) is 12.2. The van der Waals surface area contributed by atoms with Crippen LogP contribution in [-0.2, 0) is 23.3 Å². The summed E-state index contributed by atoms with van der Waals surface area (Å²) < 4.78 is 25.4. The summed E-state index contributed by atoms with van der Waals surface area (Å²) in [6, 6.07) is 5.22. The van der Waals surface area contributed by atoms with Crippen molar-refractivity contribution in [3.05, 3.63) is 24.0 Å². The van der Waals surface area contributed by atoms with Gasteiger partial charge in [0, 0.05) is 19.7 Å². The van der Waals surface area contributed by atoms with Crippen molar-refractivity contribution in [2.24, 2.45) is 12.8 Å². The molecule has 0 amide bonds. The van der Waals surface area contributed by atoms with E-state index in [0.717, 1.165) is 24.2 Å². The van der Waals surface area contributed by atoms with Crippen molar-refractivity contribution >= 4 is 20.9 Å². The van der Waals surface area contributed by atoms with Gasteiger partial charge in [-0.05, 0) is 25.1 Å². The van der Waals surface area contributed by atoms with Crippen LogP contribution >= 0.6 is 0 Å². The number of rotatable bonds is 4. The number of fused-ring (bicyclic) bond motifs is 1. The lowest BCUT2D eigenvalue weighted by Crippen LogP contribution is -2.04. The first-order valence-corrected chi connectivity index (χ1v) is 7.68. The van der Waals surface area contributed by atoms with Crippen molar-refractivity contribution in [1.29, 1.82) is 0 Å². The van der Waals surface area contributed by atoms with Crippen LogP contribution in [0.5, 0.6) is 0 Å². The molecule has 1 aromatic heterocycles. The van der Waals surface area contributed by atoms with Crippen molar-refractivity contribution in [3.8, 4) is 0 Å². The second-order valence-corrected chi connectivity index (χ2v) is 6.36. The number of hydrogen-bond acceptors (Lipinski definition) is 4. The fourth-order valence-electron chi connectivity index (χ4n) is 2.02. The first kappa shape index (κ1) is 13.0. The molecular weight excluding hydrogens is 250 g/mol. The Morgan fingerprint density at radius 3 is 2.72 bits per heavy atom. The van der Waals surface area contributed by atoms with E-state index in [1.54, 1.807) is 12.1 Å². The Morgan fingerprint density at radius 2 is 2.11 bits per heavy atom. The summed E-state index contributed by atoms with van der Waals surface area (Å²) in [6.07, 6.45) is 2.80. The third-order valence-corrected chi connectivity index (χ3v) is 4.10. The van der Waals surface area contributed by atoms with Crippen molar-refractivity contribution in [1.82, 2.24) is 9.55 Å². The molecule has 5 nitrogen and oxygen atoms in total. The standard InChI is InChI=1S/C12H17N3O2S/c1-15-9-5-3-6-10(18(2,16)17)12(9)14-11(15)7-4-8-13/h3,5-6H,4,7-8,13H2,1-2H3. The number of para-hydroxylation sites is 1. The van der Waals surface area contributed by atoms with Crippen molar-refractivity contribution in [2.45, 2.75) is 17.7 Å². The van der Waals surface area contributed by atoms with Gasteiger partial charge in [0.15, 0.2) is 9.84 Å². The van der Waals surface area contributed by atoms with E-state index < -0.39 is 9.84 Å². The van der Waals surface area contributed by atoms with E-state index in [9.17, 15) is 8.42 Å². The second kappa shape index (κ2) is 4.70. The van der Waals surface area contributed by atoms with E-state index in [1.807, 2.05) is 17.7 Å². The molecule has 0 aliphatic heterocycles. The lowest BCUT2D eigenvalue weighted by molar-refractivity contribution is 0.602. The molecular formula is C12H17N3O2S. The zero-order valence-electron chi connectivity index (χ0n) is 10.5. The van der Waals surface area contributed by atoms with Gasteiger partial charge in [-0.2, -0.15) is 0 Å². The second-order valence-electron chi connectivity index (χ2n) is 4.38. The van der Waals surface area contributed by atoms with Gasteiger partial charge in [-0.3, -0.25) is 0 Å². The molecule has 0 fully saturated rings. The first-order chi connectivity index (χ1) is 8.45. The van der Waals surface area contributed by atoms with Crippen molar-refractivity contribution < 1.29 is 8.42 Å². The molecule has 2 aromatic rings. The molecule has 0 radical (unpaired) electrons. The van der Waals surface area contributed by atoms with E-state index in [1.165, 1.54) is 6.26 Å². The number of aryl methyl sites for hydroxylation is 2. The highest BCUT2D eigenvalue weighted by Gasteiger charge is 2.16. The van der Waals surface area contributed by atoms with E-state index >= 15 is 0 Å². The average Bonchev–Trinajstić information content (AvgIpc) is 2.62. The number of benzene rings is 1. The van der Waals surface area contributed by atoms with E-state index in [0.29, 0.717) is 12.1 Å². The van der Waals surface area contributed by atoms with E-state index in [-0.39, 0.29) is 4.90 Å². The van der Waals surface area contributed by atoms with Crippen LogP contribution in [0.15, 0.2) is 23.1 Å². The van der Waals surface area contributed by atoms with Crippen molar-refractivity contribution in [2.75, 3.05) is 12.8 Å². The summed E-state index contributed by atoms with van der Waals surface area (Å²) in [5.74, 6) is 0.867. The minimum atomic E-state index is -3.25. The average molecular weight is 267 g/mol.